The standard InChI is InChI=1S/C13H9.C12H19.2ClH.Zr/c1-2-6-12-10(4-1)8-9-11-5-3-7-13(11)12;1-6-7-11-8-12(4,5)10(3)9(11)2;;;/h1-4,6,8-9H,5H2;6-7H2,1-5H3;2*1H;/q;;;;+2/p-2. The third kappa shape index (κ3) is 3.76. The first-order chi connectivity index (χ1) is 12.4. The maximum Gasteiger partial charge on any atom is -1.00 e. The Bertz CT molecular complexity index is 993. The molecule has 0 saturated carbocycles. The zero-order chi connectivity index (χ0) is 18.5. The van der Waals surface area contributed by atoms with E-state index in [-0.39, 0.29) is 30.2 Å². The van der Waals surface area contributed by atoms with Gasteiger partial charge in [0.1, 0.15) is 0 Å². The van der Waals surface area contributed by atoms with Crippen molar-refractivity contribution >= 4 is 14.1 Å². The summed E-state index contributed by atoms with van der Waals surface area (Å²) < 4.78 is 3.53. The number of rotatable bonds is 4. The van der Waals surface area contributed by atoms with Crippen molar-refractivity contribution in [1.29, 1.82) is 0 Å². The molecular weight excluding hydrogens is 462 g/mol. The van der Waals surface area contributed by atoms with E-state index in [0.717, 1.165) is 6.42 Å². The first-order valence-electron chi connectivity index (χ1n) is 9.85. The smallest absolute Gasteiger partial charge is 1.00 e. The molecule has 0 heterocycles. The molecular formula is C25H28Cl2Zr. The molecule has 146 valence electrons. The fourth-order valence-electron chi connectivity index (χ4n) is 4.61. The maximum atomic E-state index is 2.55. The number of benzene rings is 2. The van der Waals surface area contributed by atoms with Crippen molar-refractivity contribution in [1.82, 2.24) is 0 Å². The normalized spacial score (nSPS) is 17.1. The van der Waals surface area contributed by atoms with Crippen molar-refractivity contribution < 1.29 is 48.0 Å². The van der Waals surface area contributed by atoms with Gasteiger partial charge in [0.2, 0.25) is 0 Å². The number of halogens is 2. The molecule has 0 fully saturated rings. The van der Waals surface area contributed by atoms with E-state index >= 15 is 0 Å². The van der Waals surface area contributed by atoms with E-state index < -0.39 is 23.2 Å². The predicted octanol–water partition coefficient (Wildman–Crippen LogP) is 1.26. The fourth-order valence-corrected chi connectivity index (χ4v) is 9.17. The van der Waals surface area contributed by atoms with Crippen molar-refractivity contribution in [2.24, 2.45) is 5.41 Å². The van der Waals surface area contributed by atoms with Crippen LogP contribution in [0.25, 0.3) is 14.1 Å². The van der Waals surface area contributed by atoms with Crippen molar-refractivity contribution in [2.45, 2.75) is 53.9 Å². The van der Waals surface area contributed by atoms with Crippen LogP contribution in [0.2, 0.25) is 0 Å². The van der Waals surface area contributed by atoms with Crippen LogP contribution in [-0.2, 0) is 29.7 Å². The van der Waals surface area contributed by atoms with Crippen LogP contribution in [0.5, 0.6) is 0 Å². The Balaban J connectivity index is 0.00000140. The van der Waals surface area contributed by atoms with Gasteiger partial charge in [-0.25, -0.2) is 0 Å². The summed E-state index contributed by atoms with van der Waals surface area (Å²) in [7, 11) is 0. The predicted molar refractivity (Wildman–Crippen MR) is 110 cm³/mol. The molecule has 0 spiro atoms. The maximum absolute atomic E-state index is 2.55. The van der Waals surface area contributed by atoms with E-state index in [0.29, 0.717) is 0 Å². The number of hydrogen-bond acceptors (Lipinski definition) is 0. The van der Waals surface area contributed by atoms with E-state index in [2.05, 4.69) is 77.1 Å². The molecule has 2 aromatic carbocycles. The fraction of sp³-hybridized carbons (Fsp3) is 0.360. The molecule has 0 aromatic heterocycles. The minimum Gasteiger partial charge on any atom is -1.00 e. The molecule has 2 aliphatic rings. The van der Waals surface area contributed by atoms with E-state index in [1.807, 2.05) is 3.28 Å². The minimum absolute atomic E-state index is 0. The summed E-state index contributed by atoms with van der Waals surface area (Å²) in [5.74, 6) is 0. The summed E-state index contributed by atoms with van der Waals surface area (Å²) >= 11 is -0.820. The van der Waals surface area contributed by atoms with E-state index in [4.69, 9.17) is 0 Å². The van der Waals surface area contributed by atoms with Crippen molar-refractivity contribution in [3.63, 3.8) is 0 Å². The minimum atomic E-state index is -0.820. The SMILES string of the molecule is CCCC1=[C]([Zr+2][C]2=CCc3ccc4ccccc4c32)C(C)(C)C(C)=C1C.[Cl-].[Cl-]. The largest absolute Gasteiger partial charge is 1.00 e. The molecule has 0 aliphatic heterocycles. The van der Waals surface area contributed by atoms with Gasteiger partial charge >= 0.3 is 170 Å². The molecule has 3 heteroatoms. The van der Waals surface area contributed by atoms with Gasteiger partial charge in [-0.3, -0.25) is 0 Å². The van der Waals surface area contributed by atoms with Gasteiger partial charge in [-0.15, -0.1) is 0 Å². The molecule has 0 saturated heterocycles. The van der Waals surface area contributed by atoms with Crippen LogP contribution in [0.15, 0.2) is 62.5 Å². The molecule has 2 aromatic rings. The van der Waals surface area contributed by atoms with Crippen LogP contribution in [0.4, 0.5) is 0 Å². The zero-order valence-corrected chi connectivity index (χ0v) is 21.4. The number of hydrogen-bond donors (Lipinski definition) is 0. The second-order valence-electron chi connectivity index (χ2n) is 8.25. The molecule has 4 rings (SSSR count). The second kappa shape index (κ2) is 9.03. The van der Waals surface area contributed by atoms with Gasteiger partial charge in [-0.05, 0) is 0 Å². The van der Waals surface area contributed by atoms with Gasteiger partial charge in [-0.1, -0.05) is 0 Å². The Morgan fingerprint density at radius 1 is 1.00 bits per heavy atom. The topological polar surface area (TPSA) is 0 Å². The average Bonchev–Trinajstić information content (AvgIpc) is 3.12. The Morgan fingerprint density at radius 2 is 1.71 bits per heavy atom. The Hall–Kier alpha value is -0.617. The first kappa shape index (κ1) is 23.7. The van der Waals surface area contributed by atoms with E-state index in [9.17, 15) is 0 Å². The molecule has 0 N–H and O–H groups in total. The summed E-state index contributed by atoms with van der Waals surface area (Å²) in [6.07, 6.45) is 6.17. The zero-order valence-electron chi connectivity index (χ0n) is 17.4. The third-order valence-electron chi connectivity index (χ3n) is 6.45. The van der Waals surface area contributed by atoms with Gasteiger partial charge < -0.3 is 24.8 Å². The van der Waals surface area contributed by atoms with Crippen LogP contribution in [0.3, 0.4) is 0 Å². The van der Waals surface area contributed by atoms with Gasteiger partial charge in [-0.2, -0.15) is 0 Å². The van der Waals surface area contributed by atoms with Gasteiger partial charge in [0.15, 0.2) is 0 Å². The van der Waals surface area contributed by atoms with Crippen molar-refractivity contribution in [2.75, 3.05) is 0 Å². The Kier molecular flexibility index (Phi) is 7.63. The average molecular weight is 491 g/mol. The molecule has 0 atom stereocenters. The third-order valence-corrected chi connectivity index (χ3v) is 11.1. The quantitative estimate of drug-likeness (QED) is 0.606. The molecule has 0 unspecified atom stereocenters. The molecule has 0 bridgehead atoms. The van der Waals surface area contributed by atoms with Crippen LogP contribution in [0.1, 0.15) is 58.6 Å². The molecule has 28 heavy (non-hydrogen) atoms. The van der Waals surface area contributed by atoms with Gasteiger partial charge in [0.05, 0.1) is 0 Å². The Labute approximate surface area is 194 Å². The second-order valence-corrected chi connectivity index (χ2v) is 11.4. The van der Waals surface area contributed by atoms with Gasteiger partial charge in [0.25, 0.3) is 0 Å². The summed E-state index contributed by atoms with van der Waals surface area (Å²) in [5.41, 5.74) is 8.27. The van der Waals surface area contributed by atoms with Crippen LogP contribution in [0, 0.1) is 5.41 Å². The van der Waals surface area contributed by atoms with Crippen LogP contribution in [-0.4, -0.2) is 0 Å². The molecule has 0 radical (unpaired) electrons. The molecule has 0 amide bonds. The van der Waals surface area contributed by atoms with Crippen LogP contribution >= 0.6 is 0 Å². The van der Waals surface area contributed by atoms with Crippen molar-refractivity contribution in [3.8, 4) is 0 Å². The van der Waals surface area contributed by atoms with E-state index in [1.165, 1.54) is 29.2 Å². The summed E-state index contributed by atoms with van der Waals surface area (Å²) in [6.45, 7) is 12.0. The van der Waals surface area contributed by atoms with Crippen LogP contribution < -0.4 is 24.8 Å². The van der Waals surface area contributed by atoms with Crippen molar-refractivity contribution in [3.05, 3.63) is 73.6 Å². The molecule has 2 aliphatic carbocycles. The molecule has 0 nitrogen and oxygen atoms in total. The monoisotopic (exact) mass is 488 g/mol. The van der Waals surface area contributed by atoms with E-state index in [1.54, 1.807) is 25.6 Å². The first-order valence-corrected chi connectivity index (χ1v) is 12.3. The number of fused-ring (bicyclic) bond motifs is 3. The summed E-state index contributed by atoms with van der Waals surface area (Å²) in [4.78, 5) is 0. The van der Waals surface area contributed by atoms with Gasteiger partial charge in [0, 0.05) is 0 Å². The number of allylic oxidation sites excluding steroid dienone is 5. The Morgan fingerprint density at radius 3 is 2.43 bits per heavy atom. The summed E-state index contributed by atoms with van der Waals surface area (Å²) in [6, 6.07) is 13.6. The summed E-state index contributed by atoms with van der Waals surface area (Å²) in [5, 5.41) is 2.85.